The van der Waals surface area contributed by atoms with Gasteiger partial charge in [-0.25, -0.2) is 0 Å². The highest BCUT2D eigenvalue weighted by molar-refractivity contribution is 8.92. The zero-order valence-electron chi connectivity index (χ0n) is 7.34. The minimum Gasteiger partial charge on any atom is -0.356 e. The molecule has 1 rings (SSSR count). The highest BCUT2D eigenvalue weighted by Crippen LogP contribution is 2.55. The first kappa shape index (κ1) is 10.3. The van der Waals surface area contributed by atoms with Crippen molar-refractivity contribution in [3.05, 3.63) is 0 Å². The largest absolute Gasteiger partial charge is 0.356 e. The van der Waals surface area contributed by atoms with E-state index in [4.69, 9.17) is 0 Å². The lowest BCUT2D eigenvalue weighted by molar-refractivity contribution is -0.120. The van der Waals surface area contributed by atoms with Crippen LogP contribution in [-0.4, -0.2) is 17.0 Å². The van der Waals surface area contributed by atoms with Crippen molar-refractivity contribution in [2.75, 3.05) is 6.54 Å². The molecular weight excluding hydrogens is 190 g/mol. The molecule has 0 spiro atoms. The van der Waals surface area contributed by atoms with E-state index in [2.05, 4.69) is 5.32 Å². The smallest absolute Gasteiger partial charge is 0.219 e. The van der Waals surface area contributed by atoms with E-state index in [0.717, 1.165) is 17.5 Å². The summed E-state index contributed by atoms with van der Waals surface area (Å²) in [6.45, 7) is 2.74. The Bertz CT molecular complexity index is 148. The second-order valence-electron chi connectivity index (χ2n) is 2.82. The number of rotatable bonds is 6. The third-order valence-corrected chi connectivity index (χ3v) is 4.07. The fraction of sp³-hybridized carbons (Fsp3) is 0.875. The van der Waals surface area contributed by atoms with Crippen molar-refractivity contribution in [1.82, 2.24) is 5.32 Å². The maximum atomic E-state index is 10.8. The maximum Gasteiger partial charge on any atom is 0.219 e. The van der Waals surface area contributed by atoms with Crippen molar-refractivity contribution in [2.45, 2.75) is 37.2 Å². The highest BCUT2D eigenvalue weighted by Gasteiger charge is 2.22. The van der Waals surface area contributed by atoms with Crippen molar-refractivity contribution < 1.29 is 4.79 Å². The van der Waals surface area contributed by atoms with Crippen LogP contribution in [0.1, 0.15) is 32.6 Å². The molecule has 0 aromatic carbocycles. The molecule has 0 aromatic heterocycles. The van der Waals surface area contributed by atoms with E-state index in [1.807, 2.05) is 28.5 Å². The van der Waals surface area contributed by atoms with Gasteiger partial charge in [-0.05, 0) is 19.3 Å². The molecule has 0 unspecified atom stereocenters. The van der Waals surface area contributed by atoms with E-state index in [-0.39, 0.29) is 5.91 Å². The summed E-state index contributed by atoms with van der Waals surface area (Å²) in [5, 5.41) is 2.87. The zero-order valence-corrected chi connectivity index (χ0v) is 8.97. The highest BCUT2D eigenvalue weighted by atomic mass is 33.2. The number of amides is 1. The lowest BCUT2D eigenvalue weighted by Crippen LogP contribution is -2.23. The van der Waals surface area contributed by atoms with Gasteiger partial charge in [-0.2, -0.15) is 0 Å². The number of carbonyl (C=O) groups excluding carboxylic acids is 1. The minimum atomic E-state index is 0.171. The first-order chi connectivity index (χ1) is 5.83. The number of carbonyl (C=O) groups is 1. The quantitative estimate of drug-likeness (QED) is 0.410. The lowest BCUT2D eigenvalue weighted by Gasteiger charge is -2.01. The van der Waals surface area contributed by atoms with E-state index < -0.39 is 0 Å². The maximum absolute atomic E-state index is 10.8. The molecule has 1 heterocycles. The lowest BCUT2D eigenvalue weighted by atomic mass is 10.2. The molecule has 1 saturated heterocycles. The van der Waals surface area contributed by atoms with E-state index >= 15 is 0 Å². The van der Waals surface area contributed by atoms with Crippen molar-refractivity contribution in [2.24, 2.45) is 0 Å². The predicted octanol–water partition coefficient (Wildman–Crippen LogP) is 2.40. The fourth-order valence-electron chi connectivity index (χ4n) is 0.924. The molecule has 12 heavy (non-hydrogen) atoms. The summed E-state index contributed by atoms with van der Waals surface area (Å²) >= 11 is 0. The third kappa shape index (κ3) is 4.93. The van der Waals surface area contributed by atoms with Crippen molar-refractivity contribution in [3.8, 4) is 0 Å². The summed E-state index contributed by atoms with van der Waals surface area (Å²) in [4.78, 5) is 10.8. The molecule has 0 aromatic rings. The molecule has 70 valence electrons. The Morgan fingerprint density at radius 2 is 2.17 bits per heavy atom. The molecular formula is C8H15NOS2. The van der Waals surface area contributed by atoms with Gasteiger partial charge in [-0.3, -0.25) is 4.79 Å². The number of hydrogen-bond acceptors (Lipinski definition) is 3. The normalized spacial score (nSPS) is 16.1. The summed E-state index contributed by atoms with van der Waals surface area (Å²) in [5.41, 5.74) is 0. The average Bonchev–Trinajstić information content (AvgIpc) is 2.87. The number of nitrogens with one attached hydrogen (secondary N) is 1. The van der Waals surface area contributed by atoms with E-state index in [9.17, 15) is 4.79 Å². The Balaban J connectivity index is 1.78. The Morgan fingerprint density at radius 1 is 1.42 bits per heavy atom. The van der Waals surface area contributed by atoms with Gasteiger partial charge >= 0.3 is 0 Å². The van der Waals surface area contributed by atoms with Crippen molar-refractivity contribution >= 4 is 27.5 Å². The van der Waals surface area contributed by atoms with Crippen LogP contribution in [0.25, 0.3) is 0 Å². The Kier molecular flexibility index (Phi) is 4.92. The second kappa shape index (κ2) is 5.75. The van der Waals surface area contributed by atoms with Crippen LogP contribution in [0.3, 0.4) is 0 Å². The van der Waals surface area contributed by atoms with Gasteiger partial charge in [0.25, 0.3) is 0 Å². The Labute approximate surface area is 81.6 Å². The molecule has 2 nitrogen and oxygen atoms in total. The summed E-state index contributed by atoms with van der Waals surface area (Å²) < 4.78 is 0.867. The summed E-state index contributed by atoms with van der Waals surface area (Å²) in [6.07, 6.45) is 4.28. The van der Waals surface area contributed by atoms with Gasteiger partial charge in [0, 0.05) is 13.0 Å². The average molecular weight is 205 g/mol. The van der Waals surface area contributed by atoms with Gasteiger partial charge in [0.05, 0.1) is 4.58 Å². The molecule has 1 aliphatic heterocycles. The molecule has 0 radical (unpaired) electrons. The molecule has 0 atom stereocenters. The molecule has 1 aliphatic rings. The van der Waals surface area contributed by atoms with Crippen LogP contribution >= 0.6 is 21.6 Å². The third-order valence-electron chi connectivity index (χ3n) is 1.74. The van der Waals surface area contributed by atoms with Gasteiger partial charge in [-0.15, -0.1) is 0 Å². The molecule has 0 saturated carbocycles. The van der Waals surface area contributed by atoms with Crippen LogP contribution in [0.2, 0.25) is 0 Å². The Morgan fingerprint density at radius 3 is 2.75 bits per heavy atom. The molecule has 1 amide bonds. The monoisotopic (exact) mass is 205 g/mol. The van der Waals surface area contributed by atoms with Crippen molar-refractivity contribution in [1.29, 1.82) is 0 Å². The number of hydrogen-bond donors (Lipinski definition) is 1. The van der Waals surface area contributed by atoms with Crippen LogP contribution in [0.5, 0.6) is 0 Å². The molecule has 4 heteroatoms. The van der Waals surface area contributed by atoms with Crippen LogP contribution in [0.15, 0.2) is 0 Å². The van der Waals surface area contributed by atoms with E-state index in [1.165, 1.54) is 12.8 Å². The van der Waals surface area contributed by atoms with Gasteiger partial charge in [0.1, 0.15) is 0 Å². The van der Waals surface area contributed by atoms with Crippen LogP contribution < -0.4 is 5.32 Å². The molecule has 0 aliphatic carbocycles. The van der Waals surface area contributed by atoms with Crippen molar-refractivity contribution in [3.63, 3.8) is 0 Å². The first-order valence-electron chi connectivity index (χ1n) is 4.41. The van der Waals surface area contributed by atoms with E-state index in [0.29, 0.717) is 6.42 Å². The van der Waals surface area contributed by atoms with Gasteiger partial charge < -0.3 is 5.32 Å². The van der Waals surface area contributed by atoms with E-state index in [1.54, 1.807) is 0 Å². The zero-order chi connectivity index (χ0) is 8.81. The van der Waals surface area contributed by atoms with Crippen LogP contribution in [-0.2, 0) is 4.79 Å². The summed E-state index contributed by atoms with van der Waals surface area (Å²) in [5.74, 6) is 0.171. The fourth-order valence-corrected chi connectivity index (χ4v) is 2.34. The van der Waals surface area contributed by atoms with Gasteiger partial charge in [-0.1, -0.05) is 28.5 Å². The van der Waals surface area contributed by atoms with Crippen LogP contribution in [0, 0.1) is 0 Å². The minimum absolute atomic E-state index is 0.171. The molecule has 1 fully saturated rings. The topological polar surface area (TPSA) is 29.1 Å². The van der Waals surface area contributed by atoms with Gasteiger partial charge in [0.15, 0.2) is 0 Å². The molecule has 1 N–H and O–H groups in total. The SMILES string of the molecule is CCC(=O)NCCCCC1SS1. The predicted molar refractivity (Wildman–Crippen MR) is 56.1 cm³/mol. The summed E-state index contributed by atoms with van der Waals surface area (Å²) in [6, 6.07) is 0. The van der Waals surface area contributed by atoms with Crippen LogP contribution in [0.4, 0.5) is 0 Å². The Hall–Kier alpha value is 0.170. The standard InChI is InChI=1S/C8H15NOS2/c1-2-7(10)9-6-4-3-5-8-11-12-8/h8H,2-6H2,1H3,(H,9,10). The second-order valence-corrected chi connectivity index (χ2v) is 5.80. The first-order valence-corrected chi connectivity index (χ1v) is 6.69. The molecule has 0 bridgehead atoms. The number of unbranched alkanes of at least 4 members (excludes halogenated alkanes) is 1. The van der Waals surface area contributed by atoms with Gasteiger partial charge in [0.2, 0.25) is 5.91 Å². The summed E-state index contributed by atoms with van der Waals surface area (Å²) in [7, 11) is 3.93.